The maximum absolute atomic E-state index is 13.2. The summed E-state index contributed by atoms with van der Waals surface area (Å²) < 4.78 is 40.7. The van der Waals surface area contributed by atoms with Gasteiger partial charge < -0.3 is 5.32 Å². The maximum Gasteiger partial charge on any atom is 0.243 e. The number of hydrogen-bond donors (Lipinski definition) is 1. The van der Waals surface area contributed by atoms with E-state index in [1.165, 1.54) is 36.4 Å². The number of halogens is 1. The van der Waals surface area contributed by atoms with E-state index in [0.29, 0.717) is 11.3 Å². The number of nitrogens with one attached hydrogen (secondary N) is 1. The number of carbonyl (C=O) groups excluding carboxylic acids is 1. The average molecular weight is 412 g/mol. The van der Waals surface area contributed by atoms with Crippen molar-refractivity contribution in [1.82, 2.24) is 4.31 Å². The van der Waals surface area contributed by atoms with Gasteiger partial charge in [0.05, 0.1) is 11.4 Å². The first-order valence-electron chi connectivity index (χ1n) is 9.01. The van der Waals surface area contributed by atoms with Crippen LogP contribution in [0.25, 0.3) is 0 Å². The molecule has 3 aromatic rings. The van der Waals surface area contributed by atoms with Crippen LogP contribution in [0, 0.1) is 12.7 Å². The molecule has 0 aliphatic heterocycles. The molecule has 0 heterocycles. The summed E-state index contributed by atoms with van der Waals surface area (Å²) >= 11 is 0. The summed E-state index contributed by atoms with van der Waals surface area (Å²) in [5.74, 6) is -0.877. The highest BCUT2D eigenvalue weighted by Crippen LogP contribution is 2.19. The van der Waals surface area contributed by atoms with Gasteiger partial charge in [-0.2, -0.15) is 4.31 Å². The van der Waals surface area contributed by atoms with E-state index in [4.69, 9.17) is 0 Å². The van der Waals surface area contributed by atoms with E-state index in [-0.39, 0.29) is 18.0 Å². The fourth-order valence-electron chi connectivity index (χ4n) is 2.76. The van der Waals surface area contributed by atoms with E-state index in [1.54, 1.807) is 36.4 Å². The normalized spacial score (nSPS) is 11.4. The van der Waals surface area contributed by atoms with E-state index >= 15 is 0 Å². The van der Waals surface area contributed by atoms with Crippen LogP contribution in [0.5, 0.6) is 0 Å². The van der Waals surface area contributed by atoms with Crippen molar-refractivity contribution in [2.45, 2.75) is 18.4 Å². The summed E-state index contributed by atoms with van der Waals surface area (Å²) in [6.07, 6.45) is 0. The summed E-state index contributed by atoms with van der Waals surface area (Å²) in [5.41, 5.74) is 2.08. The molecule has 0 atom stereocenters. The fourth-order valence-corrected chi connectivity index (χ4v) is 4.15. The number of para-hydroxylation sites is 1. The molecule has 29 heavy (non-hydrogen) atoms. The van der Waals surface area contributed by atoms with Crippen LogP contribution < -0.4 is 5.32 Å². The third-order valence-corrected chi connectivity index (χ3v) is 6.11. The number of nitrogens with zero attached hydrogens (tertiary/aromatic N) is 1. The van der Waals surface area contributed by atoms with Crippen molar-refractivity contribution >= 4 is 21.6 Å². The molecule has 0 aliphatic carbocycles. The van der Waals surface area contributed by atoms with Gasteiger partial charge in [-0.05, 0) is 48.9 Å². The first-order chi connectivity index (χ1) is 13.8. The molecule has 0 saturated carbocycles. The van der Waals surface area contributed by atoms with Gasteiger partial charge in [-0.15, -0.1) is 0 Å². The summed E-state index contributed by atoms with van der Waals surface area (Å²) in [6.45, 7) is 1.43. The van der Waals surface area contributed by atoms with Crippen molar-refractivity contribution in [3.05, 3.63) is 95.8 Å². The molecule has 1 N–H and O–H groups in total. The minimum Gasteiger partial charge on any atom is -0.325 e. The number of carbonyl (C=O) groups is 1. The number of hydrogen-bond acceptors (Lipinski definition) is 3. The first-order valence-corrected chi connectivity index (χ1v) is 10.4. The zero-order valence-corrected chi connectivity index (χ0v) is 16.7. The molecule has 0 spiro atoms. The lowest BCUT2D eigenvalue weighted by Gasteiger charge is -2.22. The molecular weight excluding hydrogens is 391 g/mol. The Morgan fingerprint density at radius 1 is 0.931 bits per heavy atom. The quantitative estimate of drug-likeness (QED) is 0.639. The number of rotatable bonds is 7. The van der Waals surface area contributed by atoms with Crippen LogP contribution in [0.2, 0.25) is 0 Å². The number of anilines is 1. The Kier molecular flexibility index (Phi) is 6.41. The van der Waals surface area contributed by atoms with Crippen molar-refractivity contribution in [2.24, 2.45) is 0 Å². The predicted molar refractivity (Wildman–Crippen MR) is 110 cm³/mol. The standard InChI is InChI=1S/C22H21FN2O3S/c1-17-7-13-21(14-8-17)29(27,28)25(15-18-9-11-19(23)12-10-18)16-22(26)24-20-5-3-2-4-6-20/h2-14H,15-16H2,1H3,(H,24,26). The highest BCUT2D eigenvalue weighted by atomic mass is 32.2. The van der Waals surface area contributed by atoms with Gasteiger partial charge in [-0.25, -0.2) is 12.8 Å². The Balaban J connectivity index is 1.87. The number of sulfonamides is 1. The second-order valence-corrected chi connectivity index (χ2v) is 8.56. The molecular formula is C22H21FN2O3S. The minimum atomic E-state index is -3.93. The van der Waals surface area contributed by atoms with Crippen molar-refractivity contribution in [3.63, 3.8) is 0 Å². The van der Waals surface area contributed by atoms with Gasteiger partial charge in [0.2, 0.25) is 15.9 Å². The topological polar surface area (TPSA) is 66.5 Å². The zero-order valence-electron chi connectivity index (χ0n) is 15.9. The molecule has 150 valence electrons. The van der Waals surface area contributed by atoms with Crippen molar-refractivity contribution in [2.75, 3.05) is 11.9 Å². The van der Waals surface area contributed by atoms with E-state index in [1.807, 2.05) is 13.0 Å². The van der Waals surface area contributed by atoms with E-state index < -0.39 is 21.7 Å². The zero-order chi connectivity index (χ0) is 20.9. The average Bonchev–Trinajstić information content (AvgIpc) is 2.70. The monoisotopic (exact) mass is 412 g/mol. The molecule has 0 bridgehead atoms. The van der Waals surface area contributed by atoms with Crippen LogP contribution in [-0.2, 0) is 21.4 Å². The maximum atomic E-state index is 13.2. The minimum absolute atomic E-state index is 0.0568. The predicted octanol–water partition coefficient (Wildman–Crippen LogP) is 3.96. The van der Waals surface area contributed by atoms with Crippen LogP contribution in [0.1, 0.15) is 11.1 Å². The second-order valence-electron chi connectivity index (χ2n) is 6.63. The molecule has 0 radical (unpaired) electrons. The van der Waals surface area contributed by atoms with Gasteiger partial charge in [0.25, 0.3) is 0 Å². The van der Waals surface area contributed by atoms with Crippen LogP contribution in [0.3, 0.4) is 0 Å². The Hall–Kier alpha value is -3.03. The third kappa shape index (κ3) is 5.49. The lowest BCUT2D eigenvalue weighted by molar-refractivity contribution is -0.116. The number of aryl methyl sites for hydroxylation is 1. The van der Waals surface area contributed by atoms with Crippen LogP contribution in [-0.4, -0.2) is 25.2 Å². The molecule has 0 saturated heterocycles. The van der Waals surface area contributed by atoms with Gasteiger partial charge in [-0.3, -0.25) is 4.79 Å². The van der Waals surface area contributed by atoms with Gasteiger partial charge in [0.15, 0.2) is 0 Å². The van der Waals surface area contributed by atoms with Gasteiger partial charge in [0, 0.05) is 12.2 Å². The summed E-state index contributed by atoms with van der Waals surface area (Å²) in [4.78, 5) is 12.6. The molecule has 3 rings (SSSR count). The largest absolute Gasteiger partial charge is 0.325 e. The molecule has 7 heteroatoms. The van der Waals surface area contributed by atoms with Gasteiger partial charge in [-0.1, -0.05) is 48.0 Å². The molecule has 0 aliphatic rings. The highest BCUT2D eigenvalue weighted by molar-refractivity contribution is 7.89. The smallest absolute Gasteiger partial charge is 0.243 e. The van der Waals surface area contributed by atoms with Gasteiger partial charge >= 0.3 is 0 Å². The SMILES string of the molecule is Cc1ccc(S(=O)(=O)N(CC(=O)Nc2ccccc2)Cc2ccc(F)cc2)cc1. The summed E-state index contributed by atoms with van der Waals surface area (Å²) in [7, 11) is -3.93. The van der Waals surface area contributed by atoms with Crippen LogP contribution in [0.4, 0.5) is 10.1 Å². The molecule has 5 nitrogen and oxygen atoms in total. The van der Waals surface area contributed by atoms with Crippen LogP contribution in [0.15, 0.2) is 83.8 Å². The van der Waals surface area contributed by atoms with Crippen LogP contribution >= 0.6 is 0 Å². The number of amides is 1. The Bertz CT molecular complexity index is 1070. The molecule has 0 unspecified atom stereocenters. The lowest BCUT2D eigenvalue weighted by atomic mass is 10.2. The van der Waals surface area contributed by atoms with Crippen molar-refractivity contribution in [1.29, 1.82) is 0 Å². The summed E-state index contributed by atoms with van der Waals surface area (Å²) in [5, 5.41) is 2.69. The van der Waals surface area contributed by atoms with E-state index in [2.05, 4.69) is 5.32 Å². The number of benzene rings is 3. The molecule has 0 aromatic heterocycles. The Morgan fingerprint density at radius 2 is 1.55 bits per heavy atom. The second kappa shape index (κ2) is 8.98. The van der Waals surface area contributed by atoms with Crippen molar-refractivity contribution < 1.29 is 17.6 Å². The van der Waals surface area contributed by atoms with E-state index in [0.717, 1.165) is 9.87 Å². The molecule has 3 aromatic carbocycles. The summed E-state index contributed by atoms with van der Waals surface area (Å²) in [6, 6.07) is 20.8. The molecule has 1 amide bonds. The van der Waals surface area contributed by atoms with Crippen molar-refractivity contribution in [3.8, 4) is 0 Å². The van der Waals surface area contributed by atoms with E-state index in [9.17, 15) is 17.6 Å². The third-order valence-electron chi connectivity index (χ3n) is 4.31. The lowest BCUT2D eigenvalue weighted by Crippen LogP contribution is -2.37. The Labute approximate surface area is 169 Å². The Morgan fingerprint density at radius 3 is 2.17 bits per heavy atom. The molecule has 0 fully saturated rings. The van der Waals surface area contributed by atoms with Gasteiger partial charge in [0.1, 0.15) is 5.82 Å². The highest BCUT2D eigenvalue weighted by Gasteiger charge is 2.27. The first kappa shape index (κ1) is 20.7. The fraction of sp³-hybridized carbons (Fsp3) is 0.136.